The summed E-state index contributed by atoms with van der Waals surface area (Å²) in [6.45, 7) is 1.59. The van der Waals surface area contributed by atoms with Crippen LogP contribution in [0.1, 0.15) is 12.5 Å². The first-order chi connectivity index (χ1) is 12.6. The summed E-state index contributed by atoms with van der Waals surface area (Å²) in [5.74, 6) is 0.330. The van der Waals surface area contributed by atoms with Crippen LogP contribution in [0.15, 0.2) is 66.9 Å². The van der Waals surface area contributed by atoms with Crippen LogP contribution in [0, 0.1) is 0 Å². The van der Waals surface area contributed by atoms with Gasteiger partial charge in [-0.2, -0.15) is 5.10 Å². The van der Waals surface area contributed by atoms with Crippen molar-refractivity contribution in [3.8, 4) is 28.3 Å². The van der Waals surface area contributed by atoms with E-state index in [1.165, 1.54) is 0 Å². The minimum Gasteiger partial charge on any atom is -0.508 e. The number of rotatable bonds is 4. The molecular weight excluding hydrogens is 326 g/mol. The lowest BCUT2D eigenvalue weighted by molar-refractivity contribution is -0.116. The highest BCUT2D eigenvalue weighted by molar-refractivity contribution is 5.78. The Labute approximate surface area is 150 Å². The van der Waals surface area contributed by atoms with Gasteiger partial charge >= 0.3 is 0 Å². The standard InChI is InChI=1S/C21H17N3O2/c1-14(25)10-15-4-2-5-16(11-15)19-8-9-21-22-13-20(24(21)23-19)17-6-3-7-18(26)12-17/h2-9,11-13,26H,10H2,1H3. The number of aromatic nitrogens is 3. The van der Waals surface area contributed by atoms with E-state index in [0.29, 0.717) is 6.42 Å². The molecule has 2 aromatic heterocycles. The highest BCUT2D eigenvalue weighted by Gasteiger charge is 2.10. The normalized spacial score (nSPS) is 11.0. The predicted octanol–water partition coefficient (Wildman–Crippen LogP) is 3.90. The molecule has 1 N–H and O–H groups in total. The largest absolute Gasteiger partial charge is 0.508 e. The molecule has 2 aromatic carbocycles. The molecule has 0 bridgehead atoms. The zero-order valence-corrected chi connectivity index (χ0v) is 14.3. The number of phenolic OH excluding ortho intramolecular Hbond substituents is 1. The number of Topliss-reactive ketones (excluding diaryl/α,β-unsaturated/α-hetero) is 1. The van der Waals surface area contributed by atoms with E-state index in [1.807, 2.05) is 42.5 Å². The lowest BCUT2D eigenvalue weighted by Gasteiger charge is -2.06. The van der Waals surface area contributed by atoms with Gasteiger partial charge in [-0.15, -0.1) is 0 Å². The van der Waals surface area contributed by atoms with Crippen LogP contribution in [0.2, 0.25) is 0 Å². The van der Waals surface area contributed by atoms with Gasteiger partial charge in [0.1, 0.15) is 11.5 Å². The van der Waals surface area contributed by atoms with Crippen molar-refractivity contribution in [1.82, 2.24) is 14.6 Å². The second-order valence-electron chi connectivity index (χ2n) is 6.26. The number of aromatic hydroxyl groups is 1. The molecule has 5 heteroatoms. The Kier molecular flexibility index (Phi) is 3.97. The van der Waals surface area contributed by atoms with Gasteiger partial charge in [0.15, 0.2) is 5.65 Å². The lowest BCUT2D eigenvalue weighted by atomic mass is 10.0. The van der Waals surface area contributed by atoms with Crippen molar-refractivity contribution >= 4 is 11.4 Å². The van der Waals surface area contributed by atoms with E-state index < -0.39 is 0 Å². The van der Waals surface area contributed by atoms with Crippen LogP contribution in [0.4, 0.5) is 0 Å². The molecular formula is C21H17N3O2. The van der Waals surface area contributed by atoms with Gasteiger partial charge in [0.2, 0.25) is 0 Å². The van der Waals surface area contributed by atoms with Crippen molar-refractivity contribution in [3.05, 3.63) is 72.4 Å². The second kappa shape index (κ2) is 6.44. The minimum atomic E-state index is 0.131. The van der Waals surface area contributed by atoms with Crippen molar-refractivity contribution < 1.29 is 9.90 Å². The van der Waals surface area contributed by atoms with Crippen LogP contribution < -0.4 is 0 Å². The van der Waals surface area contributed by atoms with Gasteiger partial charge < -0.3 is 5.11 Å². The number of carbonyl (C=O) groups excluding carboxylic acids is 1. The van der Waals surface area contributed by atoms with Gasteiger partial charge in [-0.25, -0.2) is 9.50 Å². The number of hydrogen-bond donors (Lipinski definition) is 1. The van der Waals surface area contributed by atoms with Gasteiger partial charge in [0.25, 0.3) is 0 Å². The van der Waals surface area contributed by atoms with Crippen LogP contribution in [-0.4, -0.2) is 25.5 Å². The fraction of sp³-hybridized carbons (Fsp3) is 0.0952. The maximum absolute atomic E-state index is 11.4. The van der Waals surface area contributed by atoms with Crippen LogP contribution in [0.3, 0.4) is 0 Å². The smallest absolute Gasteiger partial charge is 0.154 e. The highest BCUT2D eigenvalue weighted by Crippen LogP contribution is 2.25. The molecule has 0 spiro atoms. The van der Waals surface area contributed by atoms with E-state index in [-0.39, 0.29) is 11.5 Å². The number of hydrogen-bond acceptors (Lipinski definition) is 4. The van der Waals surface area contributed by atoms with E-state index in [0.717, 1.165) is 33.7 Å². The summed E-state index contributed by atoms with van der Waals surface area (Å²) in [6.07, 6.45) is 2.16. The van der Waals surface area contributed by atoms with Gasteiger partial charge in [0, 0.05) is 17.5 Å². The molecule has 128 valence electrons. The van der Waals surface area contributed by atoms with E-state index in [4.69, 9.17) is 5.10 Å². The Morgan fingerprint density at radius 3 is 2.65 bits per heavy atom. The topological polar surface area (TPSA) is 67.5 Å². The first-order valence-corrected chi connectivity index (χ1v) is 8.33. The molecule has 4 aromatic rings. The summed E-state index contributed by atoms with van der Waals surface area (Å²) in [5.41, 5.74) is 5.08. The second-order valence-corrected chi connectivity index (χ2v) is 6.26. The Balaban J connectivity index is 1.81. The molecule has 0 atom stereocenters. The molecule has 0 aliphatic carbocycles. The molecule has 0 saturated heterocycles. The van der Waals surface area contributed by atoms with Crippen LogP contribution in [0.5, 0.6) is 5.75 Å². The molecule has 0 fully saturated rings. The number of nitrogens with zero attached hydrogens (tertiary/aromatic N) is 3. The maximum atomic E-state index is 11.4. The molecule has 0 amide bonds. The summed E-state index contributed by atoms with van der Waals surface area (Å²) >= 11 is 0. The number of imidazole rings is 1. The summed E-state index contributed by atoms with van der Waals surface area (Å²) in [4.78, 5) is 15.8. The Morgan fingerprint density at radius 1 is 1.04 bits per heavy atom. The van der Waals surface area contributed by atoms with Crippen molar-refractivity contribution in [3.63, 3.8) is 0 Å². The quantitative estimate of drug-likeness (QED) is 0.610. The van der Waals surface area contributed by atoms with E-state index in [1.54, 1.807) is 35.8 Å². The highest BCUT2D eigenvalue weighted by atomic mass is 16.3. The Morgan fingerprint density at radius 2 is 1.85 bits per heavy atom. The third-order valence-electron chi connectivity index (χ3n) is 4.18. The molecule has 2 heterocycles. The molecule has 0 unspecified atom stereocenters. The molecule has 0 aliphatic rings. The lowest BCUT2D eigenvalue weighted by Crippen LogP contribution is -1.99. The molecule has 0 saturated carbocycles. The number of phenols is 1. The number of carbonyl (C=O) groups is 1. The summed E-state index contributed by atoms with van der Waals surface area (Å²) in [5, 5.41) is 14.5. The Hall–Kier alpha value is -3.47. The molecule has 4 rings (SSSR count). The summed E-state index contributed by atoms with van der Waals surface area (Å²) < 4.78 is 1.77. The molecule has 5 nitrogen and oxygen atoms in total. The average Bonchev–Trinajstić information content (AvgIpc) is 3.04. The van der Waals surface area contributed by atoms with Gasteiger partial charge in [-0.1, -0.05) is 30.3 Å². The van der Waals surface area contributed by atoms with Crippen molar-refractivity contribution in [2.24, 2.45) is 0 Å². The number of ketones is 1. The van der Waals surface area contributed by atoms with Crippen LogP contribution in [-0.2, 0) is 11.2 Å². The van der Waals surface area contributed by atoms with Gasteiger partial charge in [-0.3, -0.25) is 4.79 Å². The average molecular weight is 343 g/mol. The number of fused-ring (bicyclic) bond motifs is 1. The van der Waals surface area contributed by atoms with Crippen molar-refractivity contribution in [1.29, 1.82) is 0 Å². The zero-order chi connectivity index (χ0) is 18.1. The summed E-state index contributed by atoms with van der Waals surface area (Å²) in [7, 11) is 0. The fourth-order valence-electron chi connectivity index (χ4n) is 3.02. The predicted molar refractivity (Wildman–Crippen MR) is 99.9 cm³/mol. The maximum Gasteiger partial charge on any atom is 0.154 e. The molecule has 0 aliphatic heterocycles. The monoisotopic (exact) mass is 343 g/mol. The first kappa shape index (κ1) is 16.0. The van der Waals surface area contributed by atoms with Crippen molar-refractivity contribution in [2.75, 3.05) is 0 Å². The Bertz CT molecular complexity index is 1120. The van der Waals surface area contributed by atoms with Gasteiger partial charge in [-0.05, 0) is 42.8 Å². The van der Waals surface area contributed by atoms with Gasteiger partial charge in [0.05, 0.1) is 17.6 Å². The number of benzene rings is 2. The third-order valence-corrected chi connectivity index (χ3v) is 4.18. The third kappa shape index (κ3) is 3.07. The van der Waals surface area contributed by atoms with E-state index in [2.05, 4.69) is 4.98 Å². The van der Waals surface area contributed by atoms with Crippen LogP contribution >= 0.6 is 0 Å². The fourth-order valence-corrected chi connectivity index (χ4v) is 3.02. The van der Waals surface area contributed by atoms with E-state index >= 15 is 0 Å². The van der Waals surface area contributed by atoms with Crippen LogP contribution in [0.25, 0.3) is 28.2 Å². The van der Waals surface area contributed by atoms with E-state index in [9.17, 15) is 9.90 Å². The first-order valence-electron chi connectivity index (χ1n) is 8.33. The minimum absolute atomic E-state index is 0.131. The summed E-state index contributed by atoms with van der Waals surface area (Å²) in [6, 6.07) is 18.7. The SMILES string of the molecule is CC(=O)Cc1cccc(-c2ccc3ncc(-c4cccc(O)c4)n3n2)c1. The zero-order valence-electron chi connectivity index (χ0n) is 14.3. The molecule has 0 radical (unpaired) electrons. The molecule has 26 heavy (non-hydrogen) atoms. The van der Waals surface area contributed by atoms with Crippen molar-refractivity contribution in [2.45, 2.75) is 13.3 Å².